The van der Waals surface area contributed by atoms with Gasteiger partial charge in [0.15, 0.2) is 11.5 Å². The third kappa shape index (κ3) is 4.60. The van der Waals surface area contributed by atoms with Crippen molar-refractivity contribution in [3.8, 4) is 29.1 Å². The average molecular weight is 507 g/mol. The summed E-state index contributed by atoms with van der Waals surface area (Å²) >= 11 is 0. The highest BCUT2D eigenvalue weighted by molar-refractivity contribution is 6.05. The molecule has 0 bridgehead atoms. The van der Waals surface area contributed by atoms with Crippen LogP contribution in [0.3, 0.4) is 0 Å². The second kappa shape index (κ2) is 10.6. The molecule has 0 amide bonds. The minimum absolute atomic E-state index is 0.00521. The molecule has 0 radical (unpaired) electrons. The summed E-state index contributed by atoms with van der Waals surface area (Å²) in [6, 6.07) is 26.0. The van der Waals surface area contributed by atoms with E-state index in [1.54, 1.807) is 24.3 Å². The van der Waals surface area contributed by atoms with Crippen LogP contribution in [0.4, 0.5) is 0 Å². The van der Waals surface area contributed by atoms with Crippen LogP contribution in [-0.4, -0.2) is 19.2 Å². The van der Waals surface area contributed by atoms with Gasteiger partial charge in [-0.15, -0.1) is 0 Å². The Labute approximate surface area is 220 Å². The number of benzene rings is 4. The van der Waals surface area contributed by atoms with E-state index in [4.69, 9.17) is 24.7 Å². The number of allylic oxidation sites excluding steroid dienone is 1. The molecular weight excluding hydrogens is 480 g/mol. The van der Waals surface area contributed by atoms with Gasteiger partial charge >= 0.3 is 5.97 Å². The van der Waals surface area contributed by atoms with Gasteiger partial charge in [-0.2, -0.15) is 5.26 Å². The lowest BCUT2D eigenvalue weighted by Gasteiger charge is -2.27. The van der Waals surface area contributed by atoms with Crippen molar-refractivity contribution in [1.82, 2.24) is 0 Å². The average Bonchev–Trinajstić information content (AvgIpc) is 2.93. The Morgan fingerprint density at radius 2 is 1.71 bits per heavy atom. The van der Waals surface area contributed by atoms with E-state index >= 15 is 0 Å². The Bertz CT molecular complexity index is 1600. The van der Waals surface area contributed by atoms with E-state index in [1.807, 2.05) is 68.4 Å². The van der Waals surface area contributed by atoms with Crippen LogP contribution < -0.4 is 24.7 Å². The molecule has 4 aromatic rings. The second-order valence-corrected chi connectivity index (χ2v) is 8.61. The van der Waals surface area contributed by atoms with Gasteiger partial charge in [0.2, 0.25) is 5.88 Å². The highest BCUT2D eigenvalue weighted by Gasteiger charge is 2.32. The second-order valence-electron chi connectivity index (χ2n) is 8.61. The van der Waals surface area contributed by atoms with E-state index in [2.05, 4.69) is 6.07 Å². The molecule has 2 N–H and O–H groups in total. The summed E-state index contributed by atoms with van der Waals surface area (Å²) in [4.78, 5) is 13.1. The van der Waals surface area contributed by atoms with Crippen LogP contribution in [0.5, 0.6) is 23.0 Å². The van der Waals surface area contributed by atoms with E-state index in [0.29, 0.717) is 47.3 Å². The first-order valence-electron chi connectivity index (χ1n) is 12.3. The molecule has 7 nitrogen and oxygen atoms in total. The van der Waals surface area contributed by atoms with Gasteiger partial charge < -0.3 is 24.7 Å². The first-order valence-corrected chi connectivity index (χ1v) is 12.3. The summed E-state index contributed by atoms with van der Waals surface area (Å²) in [5.74, 6) is 0.920. The maximum absolute atomic E-state index is 13.1. The third-order valence-corrected chi connectivity index (χ3v) is 6.31. The van der Waals surface area contributed by atoms with Gasteiger partial charge in [-0.05, 0) is 54.4 Å². The zero-order valence-corrected chi connectivity index (χ0v) is 21.1. The van der Waals surface area contributed by atoms with E-state index in [1.165, 1.54) is 0 Å². The van der Waals surface area contributed by atoms with Crippen molar-refractivity contribution in [2.45, 2.75) is 19.8 Å². The minimum Gasteiger partial charge on any atom is -0.490 e. The number of ether oxygens (including phenoxy) is 4. The largest absolute Gasteiger partial charge is 0.490 e. The predicted molar refractivity (Wildman–Crippen MR) is 143 cm³/mol. The number of rotatable bonds is 7. The monoisotopic (exact) mass is 506 g/mol. The molecule has 1 aliphatic heterocycles. The first-order chi connectivity index (χ1) is 18.5. The quantitative estimate of drug-likeness (QED) is 0.239. The van der Waals surface area contributed by atoms with Gasteiger partial charge in [-0.3, -0.25) is 0 Å². The number of nitrogens with zero attached hydrogens (tertiary/aromatic N) is 1. The van der Waals surface area contributed by atoms with Crippen molar-refractivity contribution in [1.29, 1.82) is 5.26 Å². The molecule has 7 heteroatoms. The zero-order chi connectivity index (χ0) is 26.6. The molecule has 1 atom stereocenters. The molecule has 4 aromatic carbocycles. The van der Waals surface area contributed by atoms with Gasteiger partial charge in [-0.25, -0.2) is 4.79 Å². The highest BCUT2D eigenvalue weighted by Crippen LogP contribution is 2.45. The maximum atomic E-state index is 13.1. The fraction of sp³-hybridized carbons (Fsp3) is 0.161. The molecule has 0 spiro atoms. The topological polar surface area (TPSA) is 104 Å². The minimum atomic E-state index is -0.499. The lowest BCUT2D eigenvalue weighted by atomic mass is 9.83. The van der Waals surface area contributed by atoms with Crippen LogP contribution in [-0.2, 0) is 0 Å². The van der Waals surface area contributed by atoms with Crippen molar-refractivity contribution >= 4 is 16.7 Å². The molecule has 190 valence electrons. The summed E-state index contributed by atoms with van der Waals surface area (Å²) in [6.07, 6.45) is 0. The molecule has 5 rings (SSSR count). The van der Waals surface area contributed by atoms with Crippen LogP contribution >= 0.6 is 0 Å². The maximum Gasteiger partial charge on any atom is 0.344 e. The van der Waals surface area contributed by atoms with Crippen molar-refractivity contribution in [2.75, 3.05) is 13.2 Å². The molecule has 1 aliphatic rings. The van der Waals surface area contributed by atoms with Gasteiger partial charge in [0.05, 0.1) is 24.7 Å². The lowest BCUT2D eigenvalue weighted by molar-refractivity contribution is 0.0736. The first kappa shape index (κ1) is 24.7. The summed E-state index contributed by atoms with van der Waals surface area (Å²) in [5.41, 5.74) is 8.43. The van der Waals surface area contributed by atoms with E-state index in [9.17, 15) is 10.1 Å². The molecule has 0 fully saturated rings. The Hall–Kier alpha value is -4.96. The van der Waals surface area contributed by atoms with E-state index < -0.39 is 11.9 Å². The molecular formula is C31H26N2O5. The Balaban J connectivity index is 1.50. The lowest BCUT2D eigenvalue weighted by Crippen LogP contribution is -2.21. The molecule has 1 unspecified atom stereocenters. The molecule has 0 saturated carbocycles. The summed E-state index contributed by atoms with van der Waals surface area (Å²) in [7, 11) is 0. The Morgan fingerprint density at radius 3 is 2.50 bits per heavy atom. The van der Waals surface area contributed by atoms with Crippen molar-refractivity contribution in [3.05, 3.63) is 107 Å². The number of hydrogen-bond donors (Lipinski definition) is 1. The Morgan fingerprint density at radius 1 is 0.947 bits per heavy atom. The SMILES string of the molecule is CCOc1ccc(C2C(C#N)=C(N)Oc3cc(OC(=O)c4cccc5ccccc45)ccc32)cc1OCC. The number of carbonyl (C=O) groups is 1. The molecule has 38 heavy (non-hydrogen) atoms. The molecule has 0 aliphatic carbocycles. The number of nitrogens with two attached hydrogens (primary N) is 1. The van der Waals surface area contributed by atoms with E-state index in [0.717, 1.165) is 16.3 Å². The Kier molecular flexibility index (Phi) is 6.88. The summed E-state index contributed by atoms with van der Waals surface area (Å²) < 4.78 is 23.0. The van der Waals surface area contributed by atoms with Crippen molar-refractivity contribution in [3.63, 3.8) is 0 Å². The van der Waals surface area contributed by atoms with Crippen LogP contribution in [0.1, 0.15) is 41.3 Å². The normalized spacial score (nSPS) is 14.3. The summed E-state index contributed by atoms with van der Waals surface area (Å²) in [6.45, 7) is 4.75. The molecule has 0 aromatic heterocycles. The van der Waals surface area contributed by atoms with Gasteiger partial charge in [0.25, 0.3) is 0 Å². The molecule has 1 heterocycles. The fourth-order valence-electron chi connectivity index (χ4n) is 4.65. The van der Waals surface area contributed by atoms with Gasteiger partial charge in [-0.1, -0.05) is 48.5 Å². The van der Waals surface area contributed by atoms with E-state index in [-0.39, 0.29) is 11.5 Å². The predicted octanol–water partition coefficient (Wildman–Crippen LogP) is 6.07. The smallest absolute Gasteiger partial charge is 0.344 e. The van der Waals surface area contributed by atoms with Crippen molar-refractivity contribution < 1.29 is 23.7 Å². The number of hydrogen-bond acceptors (Lipinski definition) is 7. The highest BCUT2D eigenvalue weighted by atomic mass is 16.5. The molecule has 0 saturated heterocycles. The zero-order valence-electron chi connectivity index (χ0n) is 21.1. The number of nitriles is 1. The van der Waals surface area contributed by atoms with Gasteiger partial charge in [0, 0.05) is 11.6 Å². The van der Waals surface area contributed by atoms with Crippen LogP contribution in [0.25, 0.3) is 10.8 Å². The third-order valence-electron chi connectivity index (χ3n) is 6.31. The van der Waals surface area contributed by atoms with Gasteiger partial charge in [0.1, 0.15) is 23.1 Å². The van der Waals surface area contributed by atoms with Crippen LogP contribution in [0.15, 0.2) is 90.3 Å². The van der Waals surface area contributed by atoms with Crippen LogP contribution in [0, 0.1) is 11.3 Å². The summed E-state index contributed by atoms with van der Waals surface area (Å²) in [5, 5.41) is 11.7. The standard InChI is InChI=1S/C31H26N2O5/c1-3-35-26-15-12-20(16-28(26)36-4-2)29-24-14-13-21(17-27(24)38-30(33)25(29)18-32)37-31(34)23-11-7-9-19-8-5-6-10-22(19)23/h5-17,29H,3-4,33H2,1-2H3. The number of fused-ring (bicyclic) bond motifs is 2. The number of carbonyl (C=O) groups excluding carboxylic acids is 1. The van der Waals surface area contributed by atoms with Crippen LogP contribution in [0.2, 0.25) is 0 Å². The fourth-order valence-corrected chi connectivity index (χ4v) is 4.65. The number of esters is 1. The van der Waals surface area contributed by atoms with Crippen molar-refractivity contribution in [2.24, 2.45) is 5.73 Å².